The summed E-state index contributed by atoms with van der Waals surface area (Å²) in [6.07, 6.45) is 5.37. The maximum atomic E-state index is 12.5. The summed E-state index contributed by atoms with van der Waals surface area (Å²) in [6, 6.07) is 9.92. The minimum atomic E-state index is -0.619. The molecule has 0 atom stereocenters. The predicted octanol–water partition coefficient (Wildman–Crippen LogP) is 1.01. The SMILES string of the molecule is Nc1c2c(cc(=O)n1-c1ccc(-c3cn4cccnc4n3)cc1)C(=O)NC2=O. The van der Waals surface area contributed by atoms with Gasteiger partial charge in [0.2, 0.25) is 5.78 Å². The number of pyridine rings is 1. The summed E-state index contributed by atoms with van der Waals surface area (Å²) in [4.78, 5) is 44.9. The minimum Gasteiger partial charge on any atom is -0.384 e. The molecule has 9 heteroatoms. The molecule has 0 bridgehead atoms. The smallest absolute Gasteiger partial charge is 0.262 e. The molecular formula is C19H12N6O3. The van der Waals surface area contributed by atoms with E-state index in [1.807, 2.05) is 22.9 Å². The first kappa shape index (κ1) is 15.9. The maximum absolute atomic E-state index is 12.5. The Morgan fingerprint density at radius 2 is 1.82 bits per heavy atom. The number of rotatable bonds is 2. The molecule has 1 aliphatic heterocycles. The molecular weight excluding hydrogens is 360 g/mol. The Balaban J connectivity index is 1.60. The molecule has 0 saturated heterocycles. The number of benzene rings is 1. The van der Waals surface area contributed by atoms with Gasteiger partial charge in [0, 0.05) is 30.2 Å². The monoisotopic (exact) mass is 372 g/mol. The van der Waals surface area contributed by atoms with Crippen LogP contribution in [0.1, 0.15) is 20.7 Å². The first-order chi connectivity index (χ1) is 13.5. The molecule has 136 valence electrons. The maximum Gasteiger partial charge on any atom is 0.262 e. The van der Waals surface area contributed by atoms with E-state index in [0.717, 1.165) is 17.3 Å². The number of anilines is 1. The summed E-state index contributed by atoms with van der Waals surface area (Å²) in [7, 11) is 0. The molecule has 9 nitrogen and oxygen atoms in total. The van der Waals surface area contributed by atoms with E-state index >= 15 is 0 Å². The lowest BCUT2D eigenvalue weighted by Gasteiger charge is -2.12. The standard InChI is InChI=1S/C19H12N6O3/c20-16-15-12(17(27)23-18(15)28)8-14(26)25(16)11-4-2-10(3-5-11)13-9-24-7-1-6-21-19(24)22-13/h1-9H,20H2,(H,23,27,28). The summed E-state index contributed by atoms with van der Waals surface area (Å²) in [5.74, 6) is -0.723. The van der Waals surface area contributed by atoms with Crippen LogP contribution in [0, 0.1) is 0 Å². The van der Waals surface area contributed by atoms with Crippen molar-refractivity contribution >= 4 is 23.4 Å². The van der Waals surface area contributed by atoms with Gasteiger partial charge in [0.05, 0.1) is 22.5 Å². The molecule has 0 aliphatic carbocycles. The van der Waals surface area contributed by atoms with Crippen LogP contribution in [0.2, 0.25) is 0 Å². The summed E-state index contributed by atoms with van der Waals surface area (Å²) < 4.78 is 3.01. The van der Waals surface area contributed by atoms with E-state index < -0.39 is 17.4 Å². The van der Waals surface area contributed by atoms with Crippen LogP contribution in [0.4, 0.5) is 5.82 Å². The normalized spacial score (nSPS) is 13.0. The van der Waals surface area contributed by atoms with Crippen LogP contribution in [-0.4, -0.2) is 30.8 Å². The number of hydrogen-bond donors (Lipinski definition) is 2. The van der Waals surface area contributed by atoms with E-state index in [1.54, 1.807) is 30.5 Å². The number of nitrogens with two attached hydrogens (primary N) is 1. The Kier molecular flexibility index (Phi) is 3.20. The summed E-state index contributed by atoms with van der Waals surface area (Å²) in [6.45, 7) is 0. The van der Waals surface area contributed by atoms with Crippen molar-refractivity contribution in [1.29, 1.82) is 0 Å². The zero-order valence-electron chi connectivity index (χ0n) is 14.3. The van der Waals surface area contributed by atoms with Crippen molar-refractivity contribution in [2.24, 2.45) is 0 Å². The molecule has 4 heterocycles. The van der Waals surface area contributed by atoms with Gasteiger partial charge in [-0.2, -0.15) is 0 Å². The van der Waals surface area contributed by atoms with E-state index in [-0.39, 0.29) is 16.9 Å². The van der Waals surface area contributed by atoms with Gasteiger partial charge in [0.15, 0.2) is 0 Å². The highest BCUT2D eigenvalue weighted by Gasteiger charge is 2.31. The molecule has 28 heavy (non-hydrogen) atoms. The third-order valence-corrected chi connectivity index (χ3v) is 4.61. The zero-order chi connectivity index (χ0) is 19.4. The summed E-state index contributed by atoms with van der Waals surface area (Å²) >= 11 is 0. The fourth-order valence-corrected chi connectivity index (χ4v) is 3.30. The Labute approximate surface area is 157 Å². The number of fused-ring (bicyclic) bond motifs is 2. The van der Waals surface area contributed by atoms with E-state index in [2.05, 4.69) is 15.3 Å². The molecule has 1 aromatic carbocycles. The van der Waals surface area contributed by atoms with Gasteiger partial charge in [-0.25, -0.2) is 9.97 Å². The van der Waals surface area contributed by atoms with Crippen LogP contribution >= 0.6 is 0 Å². The van der Waals surface area contributed by atoms with Crippen molar-refractivity contribution in [3.05, 3.63) is 76.5 Å². The van der Waals surface area contributed by atoms with Gasteiger partial charge in [-0.05, 0) is 18.2 Å². The van der Waals surface area contributed by atoms with Gasteiger partial charge in [-0.1, -0.05) is 12.1 Å². The van der Waals surface area contributed by atoms with E-state index in [0.29, 0.717) is 11.5 Å². The van der Waals surface area contributed by atoms with E-state index in [4.69, 9.17) is 5.73 Å². The van der Waals surface area contributed by atoms with Crippen molar-refractivity contribution in [2.45, 2.75) is 0 Å². The third-order valence-electron chi connectivity index (χ3n) is 4.61. The lowest BCUT2D eigenvalue weighted by atomic mass is 10.1. The fourth-order valence-electron chi connectivity index (χ4n) is 3.30. The number of hydrogen-bond acceptors (Lipinski definition) is 6. The Bertz CT molecular complexity index is 1320. The van der Waals surface area contributed by atoms with Gasteiger partial charge in [-0.15, -0.1) is 0 Å². The Hall–Kier alpha value is -4.27. The number of amides is 2. The molecule has 0 unspecified atom stereocenters. The molecule has 2 amide bonds. The second-order valence-corrected chi connectivity index (χ2v) is 6.28. The molecule has 3 aromatic heterocycles. The van der Waals surface area contributed by atoms with Crippen LogP contribution in [0.3, 0.4) is 0 Å². The largest absolute Gasteiger partial charge is 0.384 e. The van der Waals surface area contributed by atoms with Crippen molar-refractivity contribution in [3.8, 4) is 16.9 Å². The average molecular weight is 372 g/mol. The van der Waals surface area contributed by atoms with Gasteiger partial charge in [-0.3, -0.25) is 28.7 Å². The van der Waals surface area contributed by atoms with E-state index in [1.165, 1.54) is 4.57 Å². The highest BCUT2D eigenvalue weighted by Crippen LogP contribution is 2.25. The number of imidazole rings is 1. The Morgan fingerprint density at radius 3 is 2.57 bits per heavy atom. The highest BCUT2D eigenvalue weighted by atomic mass is 16.2. The topological polar surface area (TPSA) is 124 Å². The van der Waals surface area contributed by atoms with Crippen molar-refractivity contribution in [1.82, 2.24) is 24.3 Å². The van der Waals surface area contributed by atoms with Crippen molar-refractivity contribution in [2.75, 3.05) is 5.73 Å². The van der Waals surface area contributed by atoms with Crippen LogP contribution in [-0.2, 0) is 0 Å². The lowest BCUT2D eigenvalue weighted by Crippen LogP contribution is -2.24. The predicted molar refractivity (Wildman–Crippen MR) is 100 cm³/mol. The summed E-state index contributed by atoms with van der Waals surface area (Å²) in [5.41, 5.74) is 7.59. The molecule has 3 N–H and O–H groups in total. The number of nitrogens with zero attached hydrogens (tertiary/aromatic N) is 4. The van der Waals surface area contributed by atoms with E-state index in [9.17, 15) is 14.4 Å². The second kappa shape index (κ2) is 5.61. The first-order valence-corrected chi connectivity index (χ1v) is 8.34. The first-order valence-electron chi connectivity index (χ1n) is 8.34. The molecule has 0 fully saturated rings. The average Bonchev–Trinajstić information content (AvgIpc) is 3.23. The zero-order valence-corrected chi connectivity index (χ0v) is 14.3. The molecule has 0 spiro atoms. The summed E-state index contributed by atoms with van der Waals surface area (Å²) in [5, 5.41) is 2.15. The quantitative estimate of drug-likeness (QED) is 0.506. The van der Waals surface area contributed by atoms with Crippen LogP contribution in [0.5, 0.6) is 0 Å². The minimum absolute atomic E-state index is 0.00225. The number of carbonyl (C=O) groups is 2. The molecule has 5 rings (SSSR count). The number of aromatic nitrogens is 4. The Morgan fingerprint density at radius 1 is 1.04 bits per heavy atom. The molecule has 0 saturated carbocycles. The van der Waals surface area contributed by atoms with Crippen molar-refractivity contribution in [3.63, 3.8) is 0 Å². The lowest BCUT2D eigenvalue weighted by molar-refractivity contribution is 0.0880. The molecule has 1 aliphatic rings. The number of nitrogen functional groups attached to an aromatic ring is 1. The van der Waals surface area contributed by atoms with Crippen LogP contribution in [0.15, 0.2) is 59.8 Å². The second-order valence-electron chi connectivity index (χ2n) is 6.28. The van der Waals surface area contributed by atoms with Gasteiger partial charge in [0.25, 0.3) is 17.4 Å². The van der Waals surface area contributed by atoms with Gasteiger partial charge >= 0.3 is 0 Å². The highest BCUT2D eigenvalue weighted by molar-refractivity contribution is 6.23. The van der Waals surface area contributed by atoms with Gasteiger partial charge in [0.1, 0.15) is 5.82 Å². The molecule has 0 radical (unpaired) electrons. The van der Waals surface area contributed by atoms with Crippen LogP contribution in [0.25, 0.3) is 22.7 Å². The van der Waals surface area contributed by atoms with Crippen molar-refractivity contribution < 1.29 is 9.59 Å². The molecule has 4 aromatic rings. The van der Waals surface area contributed by atoms with Gasteiger partial charge < -0.3 is 5.73 Å². The number of nitrogens with one attached hydrogen (secondary N) is 1. The number of carbonyl (C=O) groups excluding carboxylic acids is 2. The third kappa shape index (κ3) is 2.23. The fraction of sp³-hybridized carbons (Fsp3) is 0. The number of imide groups is 1. The van der Waals surface area contributed by atoms with Crippen LogP contribution < -0.4 is 16.6 Å².